The molecule has 0 aliphatic rings. The van der Waals surface area contributed by atoms with E-state index in [9.17, 15) is 9.90 Å². The van der Waals surface area contributed by atoms with Crippen molar-refractivity contribution >= 4 is 5.78 Å². The fraction of sp³-hybridized carbons (Fsp3) is 0.381. The van der Waals surface area contributed by atoms with Crippen molar-refractivity contribution in [2.45, 2.75) is 41.5 Å². The predicted octanol–water partition coefficient (Wildman–Crippen LogP) is 5.72. The fourth-order valence-electron chi connectivity index (χ4n) is 1.84. The van der Waals surface area contributed by atoms with Crippen LogP contribution in [0.2, 0.25) is 0 Å². The van der Waals surface area contributed by atoms with Crippen LogP contribution in [-0.2, 0) is 0 Å². The highest BCUT2D eigenvalue weighted by Gasteiger charge is 2.19. The van der Waals surface area contributed by atoms with E-state index in [0.717, 1.165) is 0 Å². The van der Waals surface area contributed by atoms with Gasteiger partial charge in [0.1, 0.15) is 0 Å². The second-order valence-electron chi connectivity index (χ2n) is 3.89. The maximum atomic E-state index is 12.3. The number of hydrogen-bond acceptors (Lipinski definition) is 4. The SMILES string of the molecule is CC.CC.CC.COc1ccc(C(=O)c2ccccc2)c(O)c1OC. The quantitative estimate of drug-likeness (QED) is 0.718. The Morgan fingerprint density at radius 1 is 0.800 bits per heavy atom. The molecule has 2 aromatic carbocycles. The molecule has 0 spiro atoms. The smallest absolute Gasteiger partial charge is 0.203 e. The summed E-state index contributed by atoms with van der Waals surface area (Å²) in [6.07, 6.45) is 0. The van der Waals surface area contributed by atoms with Gasteiger partial charge in [0, 0.05) is 5.56 Å². The van der Waals surface area contributed by atoms with Crippen LogP contribution in [0.25, 0.3) is 0 Å². The van der Waals surface area contributed by atoms with Crippen LogP contribution in [0, 0.1) is 0 Å². The van der Waals surface area contributed by atoms with Gasteiger partial charge in [0.2, 0.25) is 5.75 Å². The molecule has 0 amide bonds. The molecule has 0 atom stereocenters. The van der Waals surface area contributed by atoms with Gasteiger partial charge in [-0.15, -0.1) is 0 Å². The third-order valence-electron chi connectivity index (χ3n) is 2.80. The summed E-state index contributed by atoms with van der Waals surface area (Å²) < 4.78 is 10.1. The van der Waals surface area contributed by atoms with Gasteiger partial charge in [-0.1, -0.05) is 71.9 Å². The number of ketones is 1. The number of ether oxygens (including phenoxy) is 2. The third-order valence-corrected chi connectivity index (χ3v) is 2.80. The second kappa shape index (κ2) is 15.1. The monoisotopic (exact) mass is 348 g/mol. The highest BCUT2D eigenvalue weighted by atomic mass is 16.5. The molecule has 0 radical (unpaired) electrons. The molecular formula is C21H32O4. The lowest BCUT2D eigenvalue weighted by Gasteiger charge is -2.12. The number of benzene rings is 2. The van der Waals surface area contributed by atoms with Gasteiger partial charge in [0.15, 0.2) is 17.3 Å². The van der Waals surface area contributed by atoms with Gasteiger partial charge in [0.25, 0.3) is 0 Å². The first-order chi connectivity index (χ1) is 12.2. The Hall–Kier alpha value is -2.49. The molecule has 140 valence electrons. The normalized spacial score (nSPS) is 8.32. The maximum Gasteiger partial charge on any atom is 0.203 e. The minimum absolute atomic E-state index is 0.157. The molecule has 0 unspecified atom stereocenters. The molecule has 0 bridgehead atoms. The van der Waals surface area contributed by atoms with E-state index in [1.54, 1.807) is 30.3 Å². The van der Waals surface area contributed by atoms with Crippen LogP contribution in [0.5, 0.6) is 17.2 Å². The highest BCUT2D eigenvalue weighted by molar-refractivity contribution is 6.11. The van der Waals surface area contributed by atoms with Crippen molar-refractivity contribution in [2.24, 2.45) is 0 Å². The van der Waals surface area contributed by atoms with Crippen molar-refractivity contribution in [1.82, 2.24) is 0 Å². The Balaban J connectivity index is 0. The summed E-state index contributed by atoms with van der Waals surface area (Å²) in [6, 6.07) is 11.9. The molecule has 25 heavy (non-hydrogen) atoms. The van der Waals surface area contributed by atoms with Gasteiger partial charge in [-0.25, -0.2) is 0 Å². The summed E-state index contributed by atoms with van der Waals surface area (Å²) in [5.41, 5.74) is 0.689. The Morgan fingerprint density at radius 2 is 1.32 bits per heavy atom. The van der Waals surface area contributed by atoms with Crippen molar-refractivity contribution in [2.75, 3.05) is 14.2 Å². The fourth-order valence-corrected chi connectivity index (χ4v) is 1.84. The Morgan fingerprint density at radius 3 is 1.76 bits per heavy atom. The number of phenols is 1. The number of aromatic hydroxyl groups is 1. The molecule has 0 aliphatic heterocycles. The van der Waals surface area contributed by atoms with Crippen LogP contribution >= 0.6 is 0 Å². The molecule has 2 aromatic rings. The van der Waals surface area contributed by atoms with Gasteiger partial charge in [-0.2, -0.15) is 0 Å². The maximum absolute atomic E-state index is 12.3. The van der Waals surface area contributed by atoms with Crippen molar-refractivity contribution < 1.29 is 19.4 Å². The number of carbonyl (C=O) groups excluding carboxylic acids is 1. The van der Waals surface area contributed by atoms with Crippen LogP contribution in [0.1, 0.15) is 57.5 Å². The molecule has 0 saturated heterocycles. The molecule has 4 nitrogen and oxygen atoms in total. The number of rotatable bonds is 4. The lowest BCUT2D eigenvalue weighted by molar-refractivity contribution is 0.103. The molecule has 0 saturated carbocycles. The van der Waals surface area contributed by atoms with Crippen LogP contribution in [0.15, 0.2) is 42.5 Å². The average Bonchev–Trinajstić information content (AvgIpc) is 2.72. The van der Waals surface area contributed by atoms with Crippen molar-refractivity contribution in [3.05, 3.63) is 53.6 Å². The number of carbonyl (C=O) groups is 1. The summed E-state index contributed by atoms with van der Waals surface area (Å²) in [4.78, 5) is 12.3. The lowest BCUT2D eigenvalue weighted by atomic mass is 10.0. The van der Waals surface area contributed by atoms with Crippen molar-refractivity contribution in [3.8, 4) is 17.2 Å². The first kappa shape index (κ1) is 24.8. The highest BCUT2D eigenvalue weighted by Crippen LogP contribution is 2.39. The largest absolute Gasteiger partial charge is 0.504 e. The third kappa shape index (κ3) is 6.87. The van der Waals surface area contributed by atoms with Gasteiger partial charge in [0.05, 0.1) is 19.8 Å². The number of phenolic OH excluding ortho intramolecular Hbond substituents is 1. The van der Waals surface area contributed by atoms with Gasteiger partial charge in [-0.3, -0.25) is 4.79 Å². The van der Waals surface area contributed by atoms with E-state index in [-0.39, 0.29) is 22.8 Å². The van der Waals surface area contributed by atoms with E-state index in [0.29, 0.717) is 11.3 Å². The first-order valence-corrected chi connectivity index (χ1v) is 8.72. The van der Waals surface area contributed by atoms with E-state index >= 15 is 0 Å². The summed E-state index contributed by atoms with van der Waals surface area (Å²) in [5.74, 6) is 0.0589. The van der Waals surface area contributed by atoms with E-state index < -0.39 is 0 Å². The lowest BCUT2D eigenvalue weighted by Crippen LogP contribution is -2.03. The number of hydrogen-bond donors (Lipinski definition) is 1. The minimum atomic E-state index is -0.265. The average molecular weight is 348 g/mol. The Bertz CT molecular complexity index is 592. The van der Waals surface area contributed by atoms with E-state index in [1.165, 1.54) is 20.3 Å². The Labute approximate surface area is 152 Å². The van der Waals surface area contributed by atoms with E-state index in [4.69, 9.17) is 9.47 Å². The topological polar surface area (TPSA) is 55.8 Å². The summed E-state index contributed by atoms with van der Waals surface area (Å²) in [6.45, 7) is 12.0. The standard InChI is InChI=1S/C15H14O4.3C2H6/c1-18-12-9-8-11(14(17)15(12)19-2)13(16)10-6-4-3-5-7-10;3*1-2/h3-9,17H,1-2H3;3*1-2H3. The molecule has 2 rings (SSSR count). The summed E-state index contributed by atoms with van der Waals surface area (Å²) >= 11 is 0. The summed E-state index contributed by atoms with van der Waals surface area (Å²) in [7, 11) is 2.88. The van der Waals surface area contributed by atoms with Gasteiger partial charge >= 0.3 is 0 Å². The molecule has 0 aliphatic carbocycles. The first-order valence-electron chi connectivity index (χ1n) is 8.72. The zero-order valence-electron chi connectivity index (χ0n) is 16.7. The van der Waals surface area contributed by atoms with Crippen LogP contribution < -0.4 is 9.47 Å². The minimum Gasteiger partial charge on any atom is -0.504 e. The molecule has 4 heteroatoms. The molecule has 0 fully saturated rings. The van der Waals surface area contributed by atoms with E-state index in [1.807, 2.05) is 47.6 Å². The van der Waals surface area contributed by atoms with Gasteiger partial charge < -0.3 is 14.6 Å². The Kier molecular flexibility index (Phi) is 14.9. The molecule has 0 heterocycles. The summed E-state index contributed by atoms with van der Waals surface area (Å²) in [5, 5.41) is 10.1. The predicted molar refractivity (Wildman–Crippen MR) is 105 cm³/mol. The van der Waals surface area contributed by atoms with Crippen LogP contribution in [0.3, 0.4) is 0 Å². The molecule has 1 N–H and O–H groups in total. The van der Waals surface area contributed by atoms with Gasteiger partial charge in [-0.05, 0) is 12.1 Å². The van der Waals surface area contributed by atoms with Crippen LogP contribution in [0.4, 0.5) is 0 Å². The molecule has 0 aromatic heterocycles. The number of methoxy groups -OCH3 is 2. The zero-order chi connectivity index (χ0) is 19.8. The second-order valence-corrected chi connectivity index (χ2v) is 3.89. The van der Waals surface area contributed by atoms with E-state index in [2.05, 4.69) is 0 Å². The zero-order valence-corrected chi connectivity index (χ0v) is 16.7. The molecular weight excluding hydrogens is 316 g/mol. The van der Waals surface area contributed by atoms with Crippen molar-refractivity contribution in [1.29, 1.82) is 0 Å². The van der Waals surface area contributed by atoms with Crippen molar-refractivity contribution in [3.63, 3.8) is 0 Å². The van der Waals surface area contributed by atoms with Crippen LogP contribution in [-0.4, -0.2) is 25.1 Å².